The summed E-state index contributed by atoms with van der Waals surface area (Å²) in [6.07, 6.45) is 0. The summed E-state index contributed by atoms with van der Waals surface area (Å²) in [5, 5.41) is 17.3. The van der Waals surface area contributed by atoms with Crippen LogP contribution < -0.4 is 5.32 Å². The summed E-state index contributed by atoms with van der Waals surface area (Å²) >= 11 is 1.40. The third kappa shape index (κ3) is 3.86. The highest BCUT2D eigenvalue weighted by molar-refractivity contribution is 7.14. The number of β-amino-alcohol motifs (C(OH)–C–C–N with tert-alkyl or cyclic N) is 1. The smallest absolute Gasteiger partial charge is 0.273 e. The zero-order chi connectivity index (χ0) is 18.7. The normalized spacial score (nSPS) is 11.5. The van der Waals surface area contributed by atoms with Crippen molar-refractivity contribution in [3.63, 3.8) is 0 Å². The third-order valence-electron chi connectivity index (χ3n) is 4.13. The molecular weight excluding hydrogens is 346 g/mol. The molecule has 2 N–H and O–H groups in total. The first-order valence-corrected chi connectivity index (χ1v) is 9.41. The van der Waals surface area contributed by atoms with E-state index in [0.29, 0.717) is 10.8 Å². The lowest BCUT2D eigenvalue weighted by atomic mass is 10.1. The number of carbonyl (C=O) groups excluding carboxylic acids is 1. The number of rotatable bonds is 5. The lowest BCUT2D eigenvalue weighted by Gasteiger charge is -2.34. The highest BCUT2D eigenvalue weighted by Gasteiger charge is 2.28. The molecule has 6 heteroatoms. The van der Waals surface area contributed by atoms with Crippen molar-refractivity contribution < 1.29 is 9.90 Å². The van der Waals surface area contributed by atoms with Gasteiger partial charge in [-0.05, 0) is 32.2 Å². The second kappa shape index (κ2) is 7.43. The molecule has 3 rings (SSSR count). The predicted octanol–water partition coefficient (Wildman–Crippen LogP) is 4.27. The van der Waals surface area contributed by atoms with Crippen LogP contribution >= 0.6 is 11.3 Å². The minimum Gasteiger partial charge on any atom is -0.395 e. The van der Waals surface area contributed by atoms with E-state index in [0.717, 1.165) is 16.5 Å². The zero-order valence-corrected chi connectivity index (χ0v) is 16.0. The number of nitrogens with one attached hydrogen (secondary N) is 1. The van der Waals surface area contributed by atoms with Crippen LogP contribution in [0.15, 0.2) is 47.8 Å². The number of fused-ring (bicyclic) bond motifs is 1. The molecule has 0 bridgehead atoms. The average Bonchev–Trinajstić information content (AvgIpc) is 3.07. The Kier molecular flexibility index (Phi) is 5.25. The molecule has 26 heavy (non-hydrogen) atoms. The van der Waals surface area contributed by atoms with Gasteiger partial charge in [-0.1, -0.05) is 36.4 Å². The number of carbonyl (C=O) groups is 1. The molecule has 3 aromatic rings. The third-order valence-corrected chi connectivity index (χ3v) is 4.89. The van der Waals surface area contributed by atoms with Gasteiger partial charge in [0.05, 0.1) is 6.61 Å². The van der Waals surface area contributed by atoms with E-state index in [2.05, 4.69) is 28.5 Å². The highest BCUT2D eigenvalue weighted by atomic mass is 32.1. The van der Waals surface area contributed by atoms with E-state index in [-0.39, 0.29) is 24.6 Å². The van der Waals surface area contributed by atoms with Crippen LogP contribution in [0.1, 0.15) is 31.3 Å². The number of benzene rings is 2. The van der Waals surface area contributed by atoms with Gasteiger partial charge in [0, 0.05) is 28.5 Å². The molecule has 0 aliphatic carbocycles. The maximum atomic E-state index is 12.8. The first-order chi connectivity index (χ1) is 12.4. The molecule has 0 saturated heterocycles. The first kappa shape index (κ1) is 18.4. The van der Waals surface area contributed by atoms with Crippen LogP contribution in [-0.2, 0) is 0 Å². The number of amides is 1. The summed E-state index contributed by atoms with van der Waals surface area (Å²) in [5.41, 5.74) is 0.965. The van der Waals surface area contributed by atoms with Gasteiger partial charge in [0.15, 0.2) is 5.13 Å². The minimum absolute atomic E-state index is 0.0751. The van der Waals surface area contributed by atoms with Gasteiger partial charge >= 0.3 is 0 Å². The number of aliphatic hydroxyl groups is 1. The van der Waals surface area contributed by atoms with Crippen molar-refractivity contribution in [3.05, 3.63) is 53.5 Å². The van der Waals surface area contributed by atoms with E-state index in [1.165, 1.54) is 11.3 Å². The molecule has 0 aliphatic rings. The summed E-state index contributed by atoms with van der Waals surface area (Å²) in [5.74, 6) is -0.172. The molecule has 0 saturated carbocycles. The largest absolute Gasteiger partial charge is 0.395 e. The Morgan fingerprint density at radius 2 is 1.92 bits per heavy atom. The van der Waals surface area contributed by atoms with Crippen LogP contribution in [0, 0.1) is 0 Å². The van der Waals surface area contributed by atoms with E-state index >= 15 is 0 Å². The number of nitrogens with zero attached hydrogens (tertiary/aromatic N) is 2. The fourth-order valence-electron chi connectivity index (χ4n) is 2.86. The first-order valence-electron chi connectivity index (χ1n) is 8.53. The Bertz CT molecular complexity index is 909. The molecule has 0 radical (unpaired) electrons. The molecule has 0 unspecified atom stereocenters. The Morgan fingerprint density at radius 1 is 1.19 bits per heavy atom. The summed E-state index contributed by atoms with van der Waals surface area (Å²) in [6.45, 7) is 6.05. The van der Waals surface area contributed by atoms with Gasteiger partial charge in [-0.15, -0.1) is 11.3 Å². The Balaban J connectivity index is 1.84. The van der Waals surface area contributed by atoms with Gasteiger partial charge in [0.25, 0.3) is 5.91 Å². The van der Waals surface area contributed by atoms with Crippen LogP contribution in [0.2, 0.25) is 0 Å². The number of anilines is 2. The molecule has 0 fully saturated rings. The minimum atomic E-state index is -0.382. The molecule has 0 atom stereocenters. The van der Waals surface area contributed by atoms with E-state index in [9.17, 15) is 9.90 Å². The Hall–Kier alpha value is -2.44. The zero-order valence-electron chi connectivity index (χ0n) is 15.2. The maximum absolute atomic E-state index is 12.8. The van der Waals surface area contributed by atoms with E-state index in [1.807, 2.05) is 45.0 Å². The van der Waals surface area contributed by atoms with Gasteiger partial charge in [0.2, 0.25) is 0 Å². The molecule has 1 heterocycles. The van der Waals surface area contributed by atoms with Crippen LogP contribution in [-0.4, -0.2) is 39.6 Å². The van der Waals surface area contributed by atoms with Crippen molar-refractivity contribution in [1.82, 2.24) is 9.88 Å². The standard InChI is InChI=1S/C20H23N3O2S/c1-20(2,3)23(11-12-24)18(25)17-13-26-19(22-17)21-16-10-6-8-14-7-4-5-9-15(14)16/h4-10,13,24H,11-12H2,1-3H3,(H,21,22). The van der Waals surface area contributed by atoms with Gasteiger partial charge in [-0.2, -0.15) is 0 Å². The van der Waals surface area contributed by atoms with Gasteiger partial charge in [0.1, 0.15) is 5.69 Å². The number of aromatic nitrogens is 1. The molecule has 2 aromatic carbocycles. The molecule has 0 aliphatic heterocycles. The van der Waals surface area contributed by atoms with Crippen LogP contribution in [0.4, 0.5) is 10.8 Å². The van der Waals surface area contributed by atoms with Crippen molar-refractivity contribution in [2.24, 2.45) is 0 Å². The van der Waals surface area contributed by atoms with Gasteiger partial charge < -0.3 is 15.3 Å². The SMILES string of the molecule is CC(C)(C)N(CCO)C(=O)c1csc(Nc2cccc3ccccc23)n1. The van der Waals surface area contributed by atoms with Crippen molar-refractivity contribution in [3.8, 4) is 0 Å². The fourth-order valence-corrected chi connectivity index (χ4v) is 3.56. The molecular formula is C20H23N3O2S. The second-order valence-corrected chi connectivity index (χ2v) is 7.90. The lowest BCUT2D eigenvalue weighted by molar-refractivity contribution is 0.0522. The van der Waals surface area contributed by atoms with E-state index in [4.69, 9.17) is 0 Å². The molecule has 1 aromatic heterocycles. The van der Waals surface area contributed by atoms with Crippen molar-refractivity contribution >= 4 is 38.8 Å². The molecule has 5 nitrogen and oxygen atoms in total. The fraction of sp³-hybridized carbons (Fsp3) is 0.300. The lowest BCUT2D eigenvalue weighted by Crippen LogP contribution is -2.47. The summed E-state index contributed by atoms with van der Waals surface area (Å²) in [7, 11) is 0. The van der Waals surface area contributed by atoms with Crippen LogP contribution in [0.3, 0.4) is 0 Å². The topological polar surface area (TPSA) is 65.5 Å². The monoisotopic (exact) mass is 369 g/mol. The maximum Gasteiger partial charge on any atom is 0.273 e. The van der Waals surface area contributed by atoms with Crippen molar-refractivity contribution in [1.29, 1.82) is 0 Å². The average molecular weight is 369 g/mol. The number of hydrogen-bond acceptors (Lipinski definition) is 5. The van der Waals surface area contributed by atoms with E-state index in [1.54, 1.807) is 10.3 Å². The van der Waals surface area contributed by atoms with E-state index < -0.39 is 0 Å². The molecule has 136 valence electrons. The predicted molar refractivity (Wildman–Crippen MR) is 107 cm³/mol. The van der Waals surface area contributed by atoms with Crippen molar-refractivity contribution in [2.75, 3.05) is 18.5 Å². The highest BCUT2D eigenvalue weighted by Crippen LogP contribution is 2.28. The number of thiazole rings is 1. The Labute approximate surface area is 157 Å². The quantitative estimate of drug-likeness (QED) is 0.705. The van der Waals surface area contributed by atoms with Crippen molar-refractivity contribution in [2.45, 2.75) is 26.3 Å². The number of aliphatic hydroxyl groups excluding tert-OH is 1. The van der Waals surface area contributed by atoms with Crippen LogP contribution in [0.25, 0.3) is 10.8 Å². The molecule has 0 spiro atoms. The number of hydrogen-bond donors (Lipinski definition) is 2. The summed E-state index contributed by atoms with van der Waals surface area (Å²) in [6, 6.07) is 14.2. The Morgan fingerprint density at radius 3 is 2.65 bits per heavy atom. The summed E-state index contributed by atoms with van der Waals surface area (Å²) in [4.78, 5) is 18.9. The summed E-state index contributed by atoms with van der Waals surface area (Å²) < 4.78 is 0. The van der Waals surface area contributed by atoms with Crippen LogP contribution in [0.5, 0.6) is 0 Å². The van der Waals surface area contributed by atoms with Gasteiger partial charge in [-0.25, -0.2) is 4.98 Å². The second-order valence-electron chi connectivity index (χ2n) is 7.04. The van der Waals surface area contributed by atoms with Gasteiger partial charge in [-0.3, -0.25) is 4.79 Å². The molecule has 1 amide bonds.